The Kier molecular flexibility index (Phi) is 4.93. The van der Waals surface area contributed by atoms with Crippen molar-refractivity contribution in [1.29, 1.82) is 0 Å². The van der Waals surface area contributed by atoms with Crippen LogP contribution in [0.3, 0.4) is 0 Å². The number of hydrogen-bond donors (Lipinski definition) is 1. The Bertz CT molecular complexity index is 798. The molecule has 0 aromatic heterocycles. The van der Waals surface area contributed by atoms with Gasteiger partial charge in [0.15, 0.2) is 0 Å². The van der Waals surface area contributed by atoms with Gasteiger partial charge in [0.25, 0.3) is 0 Å². The first-order chi connectivity index (χ1) is 15.0. The van der Waals surface area contributed by atoms with E-state index in [2.05, 4.69) is 17.4 Å². The highest BCUT2D eigenvalue weighted by Crippen LogP contribution is 2.64. The van der Waals surface area contributed by atoms with Crippen LogP contribution in [0, 0.1) is 29.6 Å². The van der Waals surface area contributed by atoms with Gasteiger partial charge in [0.2, 0.25) is 17.5 Å². The Morgan fingerprint density at radius 1 is 1.06 bits per heavy atom. The van der Waals surface area contributed by atoms with E-state index in [9.17, 15) is 4.79 Å². The van der Waals surface area contributed by atoms with Crippen LogP contribution in [-0.2, 0) is 19.3 Å². The fraction of sp³-hybridized carbons (Fsp3) is 0.731. The fourth-order valence-electron chi connectivity index (χ4n) is 7.64. The number of ether oxygens (including phenoxy) is 1. The Morgan fingerprint density at radius 2 is 1.77 bits per heavy atom. The molecule has 5 aliphatic carbocycles. The molecule has 7 rings (SSSR count). The zero-order valence-corrected chi connectivity index (χ0v) is 18.6. The molecule has 31 heavy (non-hydrogen) atoms. The second kappa shape index (κ2) is 7.57. The van der Waals surface area contributed by atoms with E-state index >= 15 is 0 Å². The molecule has 1 N–H and O–H groups in total. The van der Waals surface area contributed by atoms with Gasteiger partial charge in [-0.05, 0) is 75.2 Å². The van der Waals surface area contributed by atoms with Crippen molar-refractivity contribution in [2.75, 3.05) is 0 Å². The smallest absolute Gasteiger partial charge is 0.220 e. The summed E-state index contributed by atoms with van der Waals surface area (Å²) in [5.41, 5.74) is 1.13. The van der Waals surface area contributed by atoms with Crippen molar-refractivity contribution >= 4 is 5.91 Å². The number of nitrogens with one attached hydrogen (secondary N) is 1. The Hall–Kier alpha value is -1.43. The number of rotatable bonds is 4. The third-order valence-electron chi connectivity index (χ3n) is 8.87. The molecule has 6 fully saturated rings. The SMILES string of the molecule is C[C@H](NC(=O)CC1CCC[C@]2(C1)OOC1(O2)C2CC3CC(C2)CC1C3)c1ccccc1. The maximum Gasteiger partial charge on any atom is 0.220 e. The first kappa shape index (κ1) is 20.2. The maximum absolute atomic E-state index is 12.8. The van der Waals surface area contributed by atoms with Crippen LogP contribution in [0.5, 0.6) is 0 Å². The van der Waals surface area contributed by atoms with Gasteiger partial charge in [-0.2, -0.15) is 9.78 Å². The molecule has 0 radical (unpaired) electrons. The molecular weight excluding hydrogens is 390 g/mol. The van der Waals surface area contributed by atoms with E-state index in [1.807, 2.05) is 25.1 Å². The van der Waals surface area contributed by atoms with Crippen LogP contribution in [0.25, 0.3) is 0 Å². The fourth-order valence-corrected chi connectivity index (χ4v) is 7.64. The lowest BCUT2D eigenvalue weighted by atomic mass is 9.53. The Morgan fingerprint density at radius 3 is 2.48 bits per heavy atom. The minimum Gasteiger partial charge on any atom is -0.350 e. The van der Waals surface area contributed by atoms with Gasteiger partial charge in [0.1, 0.15) is 0 Å². The number of hydrogen-bond acceptors (Lipinski definition) is 4. The average molecular weight is 426 g/mol. The number of amides is 1. The molecule has 6 aliphatic rings. The minimum atomic E-state index is -0.649. The number of benzene rings is 1. The predicted octanol–water partition coefficient (Wildman–Crippen LogP) is 5.27. The summed E-state index contributed by atoms with van der Waals surface area (Å²) >= 11 is 0. The van der Waals surface area contributed by atoms with Crippen molar-refractivity contribution in [1.82, 2.24) is 5.32 Å². The second-order valence-corrected chi connectivity index (χ2v) is 11.1. The molecule has 1 heterocycles. The van der Waals surface area contributed by atoms with Gasteiger partial charge >= 0.3 is 0 Å². The predicted molar refractivity (Wildman–Crippen MR) is 115 cm³/mol. The van der Waals surface area contributed by atoms with Gasteiger partial charge in [0, 0.05) is 31.1 Å². The van der Waals surface area contributed by atoms with Gasteiger partial charge in [-0.25, -0.2) is 0 Å². The standard InChI is InChI=1S/C26H35NO4/c1-17(21-7-3-2-4-8-21)27-24(28)15-18-6-5-9-25(16-18)29-26(31-30-25)22-11-19-10-20(13-22)14-23(26)12-19/h2-4,7-8,17-20,22-23H,5-6,9-16H2,1H3,(H,27,28)/t17-,18?,19?,20?,22?,23?,25+,26?/m0/s1. The van der Waals surface area contributed by atoms with Crippen molar-refractivity contribution in [3.63, 3.8) is 0 Å². The van der Waals surface area contributed by atoms with Crippen LogP contribution in [0.2, 0.25) is 0 Å². The summed E-state index contributed by atoms with van der Waals surface area (Å²) in [7, 11) is 0. The van der Waals surface area contributed by atoms with Crippen LogP contribution in [-0.4, -0.2) is 17.5 Å². The molecule has 2 spiro atoms. The minimum absolute atomic E-state index is 0.0184. The summed E-state index contributed by atoms with van der Waals surface area (Å²) in [4.78, 5) is 25.0. The van der Waals surface area contributed by atoms with Crippen molar-refractivity contribution in [2.24, 2.45) is 29.6 Å². The van der Waals surface area contributed by atoms with E-state index in [1.54, 1.807) is 0 Å². The topological polar surface area (TPSA) is 56.8 Å². The first-order valence-corrected chi connectivity index (χ1v) is 12.4. The number of carbonyl (C=O) groups is 1. The van der Waals surface area contributed by atoms with Crippen molar-refractivity contribution in [2.45, 2.75) is 88.7 Å². The highest BCUT2D eigenvalue weighted by Gasteiger charge is 2.66. The third kappa shape index (κ3) is 3.53. The normalized spacial score (nSPS) is 44.1. The average Bonchev–Trinajstić information content (AvgIpc) is 3.11. The van der Waals surface area contributed by atoms with Crippen LogP contribution in [0.15, 0.2) is 30.3 Å². The summed E-state index contributed by atoms with van der Waals surface area (Å²) in [5.74, 6) is 1.92. The highest BCUT2D eigenvalue weighted by molar-refractivity contribution is 5.76. The maximum atomic E-state index is 12.8. The zero-order valence-electron chi connectivity index (χ0n) is 18.6. The molecule has 1 aromatic rings. The van der Waals surface area contributed by atoms with Gasteiger partial charge in [-0.15, -0.1) is 0 Å². The molecule has 168 valence electrons. The van der Waals surface area contributed by atoms with E-state index in [4.69, 9.17) is 14.5 Å². The van der Waals surface area contributed by atoms with Crippen LogP contribution in [0.1, 0.15) is 82.7 Å². The monoisotopic (exact) mass is 425 g/mol. The van der Waals surface area contributed by atoms with Crippen molar-refractivity contribution in [3.05, 3.63) is 35.9 Å². The molecule has 1 saturated heterocycles. The van der Waals surface area contributed by atoms with E-state index in [1.165, 1.54) is 32.1 Å². The second-order valence-electron chi connectivity index (χ2n) is 11.1. The van der Waals surface area contributed by atoms with Crippen molar-refractivity contribution < 1.29 is 19.3 Å². The van der Waals surface area contributed by atoms with Crippen molar-refractivity contribution in [3.8, 4) is 0 Å². The summed E-state index contributed by atoms with van der Waals surface area (Å²) in [6.07, 6.45) is 10.6. The zero-order chi connectivity index (χ0) is 21.1. The highest BCUT2D eigenvalue weighted by atomic mass is 17.3. The quantitative estimate of drug-likeness (QED) is 0.668. The van der Waals surface area contributed by atoms with Crippen LogP contribution < -0.4 is 5.32 Å². The summed E-state index contributed by atoms with van der Waals surface area (Å²) in [6.45, 7) is 2.04. The summed E-state index contributed by atoms with van der Waals surface area (Å²) < 4.78 is 6.84. The van der Waals surface area contributed by atoms with E-state index in [0.717, 1.165) is 43.1 Å². The largest absolute Gasteiger partial charge is 0.350 e. The summed E-state index contributed by atoms with van der Waals surface area (Å²) in [6, 6.07) is 10.2. The van der Waals surface area contributed by atoms with E-state index in [0.29, 0.717) is 18.3 Å². The molecule has 1 aromatic carbocycles. The Labute approximate surface area is 185 Å². The lowest BCUT2D eigenvalue weighted by Crippen LogP contribution is -2.59. The molecule has 1 unspecified atom stereocenters. The molecule has 4 bridgehead atoms. The van der Waals surface area contributed by atoms with Gasteiger partial charge < -0.3 is 10.1 Å². The molecule has 1 amide bonds. The lowest BCUT2D eigenvalue weighted by molar-refractivity contribution is -0.390. The molecule has 5 heteroatoms. The molecule has 1 aliphatic heterocycles. The Balaban J connectivity index is 1.09. The molecule has 5 nitrogen and oxygen atoms in total. The van der Waals surface area contributed by atoms with E-state index < -0.39 is 11.6 Å². The van der Waals surface area contributed by atoms with Gasteiger partial charge in [-0.1, -0.05) is 30.3 Å². The van der Waals surface area contributed by atoms with Gasteiger partial charge in [-0.3, -0.25) is 4.79 Å². The third-order valence-corrected chi connectivity index (χ3v) is 8.87. The molecular formula is C26H35NO4. The molecule has 5 saturated carbocycles. The first-order valence-electron chi connectivity index (χ1n) is 12.4. The molecule has 3 atom stereocenters. The summed E-state index contributed by atoms with van der Waals surface area (Å²) in [5, 5.41) is 3.17. The lowest BCUT2D eigenvalue weighted by Gasteiger charge is -2.57. The van der Waals surface area contributed by atoms with Crippen LogP contribution in [0.4, 0.5) is 0 Å². The van der Waals surface area contributed by atoms with Crippen LogP contribution >= 0.6 is 0 Å². The van der Waals surface area contributed by atoms with Gasteiger partial charge in [0.05, 0.1) is 6.04 Å². The van der Waals surface area contributed by atoms with E-state index in [-0.39, 0.29) is 17.9 Å². The number of carbonyl (C=O) groups excluding carboxylic acids is 1.